The molecule has 0 radical (unpaired) electrons. The summed E-state index contributed by atoms with van der Waals surface area (Å²) in [4.78, 5) is 210. The monoisotopic (exact) mass is 2100 g/mol. The summed E-state index contributed by atoms with van der Waals surface area (Å²) in [5.74, 6) is -7.13. The lowest BCUT2D eigenvalue weighted by atomic mass is 9.77. The topological polar surface area (TPSA) is 476 Å². The van der Waals surface area contributed by atoms with Crippen molar-refractivity contribution in [1.29, 1.82) is 0 Å². The molecule has 0 spiro atoms. The van der Waals surface area contributed by atoms with Gasteiger partial charge in [-0.2, -0.15) is 0 Å². The number of unbranched alkanes of at least 4 members (excludes halogenated alkanes) is 2. The van der Waals surface area contributed by atoms with Crippen molar-refractivity contribution in [2.24, 2.45) is 91.7 Å². The van der Waals surface area contributed by atoms with Crippen LogP contribution in [0.2, 0.25) is 0 Å². The number of nitrogens with zero attached hydrogens (tertiary/aromatic N) is 3. The Morgan fingerprint density at radius 2 is 0.664 bits per heavy atom. The van der Waals surface area contributed by atoms with E-state index in [1.54, 1.807) is 14.7 Å². The Hall–Kier alpha value is -8.02. The van der Waals surface area contributed by atoms with Crippen molar-refractivity contribution in [2.45, 2.75) is 431 Å². The highest BCUT2D eigenvalue weighted by Gasteiger charge is 2.73. The predicted molar refractivity (Wildman–Crippen MR) is 561 cm³/mol. The van der Waals surface area contributed by atoms with E-state index in [1.807, 2.05) is 76.2 Å². The number of carbonyl (C=O) groups excluding carboxylic acids is 15. The molecule has 36 heteroatoms. The first-order chi connectivity index (χ1) is 67.8. The fraction of sp³-hybridized carbons (Fsp3) is 0.827. The second-order valence-electron chi connectivity index (χ2n) is 50.8. The Bertz CT molecular complexity index is 5220. The maximum absolute atomic E-state index is 14.5. The molecule has 8 saturated carbocycles. The molecule has 0 unspecified atom stereocenters. The first kappa shape index (κ1) is 118. The number of sulfone groups is 3. The number of urea groups is 3. The quantitative estimate of drug-likeness (QED) is 0.0203. The van der Waals surface area contributed by atoms with Crippen LogP contribution in [0.5, 0.6) is 0 Å². The number of nitrogens with one attached hydrogen (secondary N) is 9. The molecule has 14 rings (SSSR count). The first-order valence-electron chi connectivity index (χ1n) is 54.9. The molecule has 14 aliphatic rings. The summed E-state index contributed by atoms with van der Waals surface area (Å²) in [5, 5.41) is 24.0. The minimum atomic E-state index is -3.38. The Morgan fingerprint density at radius 1 is 0.377 bits per heavy atom. The number of Topliss-reactive ketones (excluding diaryl/α,β-unsaturated/α-hetero) is 6. The molecule has 9 N–H and O–H groups in total. The van der Waals surface area contributed by atoms with Crippen LogP contribution in [0.1, 0.15) is 356 Å². The molecule has 14 fully saturated rings. The molecule has 8 aliphatic carbocycles. The van der Waals surface area contributed by atoms with Crippen LogP contribution >= 0.6 is 0 Å². The number of piperidine rings is 3. The van der Waals surface area contributed by atoms with E-state index in [9.17, 15) is 97.2 Å². The SMILES string of the molecule is C.C=CCNC(=O)C(=O)[C@@H](CC(=O)[C@@H]1[C@@H]2[C@H](CN1C(=O)[C@@H](NC(=O)NC1([C@@H]3CCCCS3(=O)=O)CCCCC1)C(C)(C)C)C2(C)C)CC1CC1.C=CCNC(=O)C(=O)[C@H](CCCC)CC(=O)[C@@H]1[C@@H]2[C@H](CN1C(=O)[C@@H](NC(=O)NC1([C@H]3CCCS3(=O)=O)CCCCC1)C(C)(C)C)C2(C)C.CCCC[C@H](CC(=O)[C@@H]1[C@@H]2[C@H](CN1C(=O)[C@@H](NC(=O)NC1([C@H]3CCCS3(=O)=O)CCCCC1)C(C)(C)C)C2(C)C)C(=O)C(=O)NC1CC1. The van der Waals surface area contributed by atoms with E-state index in [0.29, 0.717) is 135 Å². The fourth-order valence-corrected chi connectivity index (χ4v) is 34.1. The van der Waals surface area contributed by atoms with E-state index in [2.05, 4.69) is 103 Å². The van der Waals surface area contributed by atoms with Gasteiger partial charge in [-0.3, -0.25) is 57.5 Å². The summed E-state index contributed by atoms with van der Waals surface area (Å²) in [6.45, 7) is 41.8. The zero-order valence-corrected chi connectivity index (χ0v) is 92.3. The summed E-state index contributed by atoms with van der Waals surface area (Å²) in [6, 6.07) is -6.89. The molecule has 0 aromatic heterocycles. The standard InChI is InChI=1S/C37H58N4O7S.2C36H58N4O7S.CH4/c1-7-18-38-32(44)30(43)24(20-23-14-15-23)21-26(42)29-28-25(36(28,5)6)22-41(29)33(45)31(35(2,3)4)39-34(46)40-37(16-10-8-11-17-37)27-13-9-12-19-49(27,47)48;1-7-8-13-22(29(42)31(43)37-23-15-16-23)20-25(41)28-27-24(35(27,5)6)21-40(28)32(44)30(34(2,3)4)38-33(45)39-36(17-10-9-11-18-36)26-14-12-19-48(26,46)47;1-8-10-15-23(29(42)31(43)37-19-9-2)21-25(41)28-27-24(35(27,6)7)22-40(28)32(44)30(34(3,4)5)38-33(45)39-36(17-12-11-13-18-36)26-16-14-20-48(26,46)47;/h7,23-25,27-29,31H,1,8-22H2,2-6H3,(H,38,44)(H2,39,40,46);22-24,26-28,30H,7-21H2,1-6H3,(H,37,43)(H2,38,39,45);9,23-24,26-28,30H,2,8,10-22H2,1,3-7H3,(H,37,43)(H2,38,39,45);1H4/t24-,25+,27+,28+,29-,31-;22-,24+,26-,27+,28-,30-;23-,24+,26-,27+,28-,30-;/m111./s1. The van der Waals surface area contributed by atoms with Gasteiger partial charge in [0.15, 0.2) is 46.9 Å². The van der Waals surface area contributed by atoms with E-state index in [0.717, 1.165) is 103 Å². The number of amides is 12. The van der Waals surface area contributed by atoms with Gasteiger partial charge in [0.1, 0.15) is 18.1 Å². The zero-order valence-electron chi connectivity index (χ0n) is 89.9. The number of hydrogen-bond acceptors (Lipinski definition) is 21. The molecule has 18 atom stereocenters. The predicted octanol–water partition coefficient (Wildman–Crippen LogP) is 12.9. The molecule has 0 bridgehead atoms. The van der Waals surface area contributed by atoms with Gasteiger partial charge in [0.05, 0.1) is 67.8 Å². The Morgan fingerprint density at radius 3 is 0.938 bits per heavy atom. The van der Waals surface area contributed by atoms with Crippen LogP contribution in [0.4, 0.5) is 14.4 Å². The van der Waals surface area contributed by atoms with Gasteiger partial charge in [0.2, 0.25) is 35.1 Å². The fourth-order valence-electron chi connectivity index (χ4n) is 27.0. The third-order valence-corrected chi connectivity index (χ3v) is 43.3. The van der Waals surface area contributed by atoms with Crippen molar-refractivity contribution in [3.05, 3.63) is 25.3 Å². The van der Waals surface area contributed by atoms with Gasteiger partial charge in [-0.1, -0.05) is 240 Å². The summed E-state index contributed by atoms with van der Waals surface area (Å²) in [5.41, 5.74) is -5.27. The number of ketones is 6. The van der Waals surface area contributed by atoms with Crippen LogP contribution in [-0.4, -0.2) is 253 Å². The lowest BCUT2D eigenvalue weighted by Gasteiger charge is -2.45. The van der Waals surface area contributed by atoms with Crippen molar-refractivity contribution in [3.63, 3.8) is 0 Å². The number of hydrogen-bond donors (Lipinski definition) is 9. The van der Waals surface area contributed by atoms with Gasteiger partial charge in [0.25, 0.3) is 17.7 Å². The van der Waals surface area contributed by atoms with E-state index >= 15 is 0 Å². The number of likely N-dealkylation sites (tertiary alicyclic amines) is 3. The van der Waals surface area contributed by atoms with Crippen molar-refractivity contribution in [1.82, 2.24) is 62.6 Å². The lowest BCUT2D eigenvalue weighted by Crippen LogP contribution is -2.65. The normalized spacial score (nSPS) is 28.8. The number of carbonyl (C=O) groups is 15. The van der Waals surface area contributed by atoms with Gasteiger partial charge in [-0.25, -0.2) is 39.6 Å². The molecule has 0 aromatic carbocycles. The van der Waals surface area contributed by atoms with Crippen LogP contribution < -0.4 is 47.9 Å². The summed E-state index contributed by atoms with van der Waals surface area (Å²) in [7, 11) is -10.1. The van der Waals surface area contributed by atoms with Crippen LogP contribution in [0.3, 0.4) is 0 Å². The number of fused-ring (bicyclic) bond motifs is 3. The Balaban J connectivity index is 0.000000208. The molecule has 6 saturated heterocycles. The van der Waals surface area contributed by atoms with E-state index in [4.69, 9.17) is 0 Å². The molecule has 6 heterocycles. The third kappa shape index (κ3) is 26.6. The molecule has 146 heavy (non-hydrogen) atoms. The third-order valence-electron chi connectivity index (χ3n) is 36.0. The Kier molecular flexibility index (Phi) is 37.8. The lowest BCUT2D eigenvalue weighted by molar-refractivity contribution is -0.145. The van der Waals surface area contributed by atoms with Gasteiger partial charge in [0, 0.05) is 75.8 Å². The highest BCUT2D eigenvalue weighted by Crippen LogP contribution is 2.68. The van der Waals surface area contributed by atoms with Crippen LogP contribution in [0.15, 0.2) is 25.3 Å². The van der Waals surface area contributed by atoms with E-state index < -0.39 is 185 Å². The number of rotatable bonds is 40. The summed E-state index contributed by atoms with van der Waals surface area (Å²) >= 11 is 0. The molecule has 33 nitrogen and oxygen atoms in total. The zero-order chi connectivity index (χ0) is 107. The second kappa shape index (κ2) is 46.7. The molecular formula is C110H178N12O21S3. The van der Waals surface area contributed by atoms with Crippen LogP contribution in [0.25, 0.3) is 0 Å². The van der Waals surface area contributed by atoms with E-state index in [-0.39, 0.29) is 150 Å². The summed E-state index contributed by atoms with van der Waals surface area (Å²) < 4.78 is 78.7. The van der Waals surface area contributed by atoms with Crippen molar-refractivity contribution < 1.29 is 97.2 Å². The molecule has 0 aromatic rings. The average Bonchev–Trinajstić information content (AvgIpc) is 1.53. The molecule has 822 valence electrons. The average molecular weight is 2100 g/mol. The minimum absolute atomic E-state index is 0. The van der Waals surface area contributed by atoms with Gasteiger partial charge in [-0.05, 0) is 183 Å². The smallest absolute Gasteiger partial charge is 0.315 e. The highest BCUT2D eigenvalue weighted by atomic mass is 32.2. The Labute approximate surface area is 870 Å². The highest BCUT2D eigenvalue weighted by molar-refractivity contribution is 7.92. The van der Waals surface area contributed by atoms with Crippen molar-refractivity contribution in [3.8, 4) is 0 Å². The van der Waals surface area contributed by atoms with Crippen molar-refractivity contribution in [2.75, 3.05) is 50.0 Å². The largest absolute Gasteiger partial charge is 0.347 e. The van der Waals surface area contributed by atoms with Gasteiger partial charge in [-0.15, -0.1) is 13.2 Å². The van der Waals surface area contributed by atoms with Crippen LogP contribution in [0, 0.1) is 91.7 Å². The first-order valence-corrected chi connectivity index (χ1v) is 60.0. The van der Waals surface area contributed by atoms with Crippen LogP contribution in [-0.2, 0) is 87.0 Å². The summed E-state index contributed by atoms with van der Waals surface area (Å²) in [6.07, 6.45) is 26.1. The van der Waals surface area contributed by atoms with E-state index in [1.165, 1.54) is 12.2 Å². The molecular weight excluding hydrogens is 1920 g/mol. The van der Waals surface area contributed by atoms with Gasteiger partial charge >= 0.3 is 18.1 Å². The minimum Gasteiger partial charge on any atom is -0.347 e. The van der Waals surface area contributed by atoms with Crippen molar-refractivity contribution >= 4 is 118 Å². The maximum atomic E-state index is 14.5. The van der Waals surface area contributed by atoms with Gasteiger partial charge < -0.3 is 62.6 Å². The molecule has 12 amide bonds. The maximum Gasteiger partial charge on any atom is 0.315 e. The molecule has 6 aliphatic heterocycles. The second-order valence-corrected chi connectivity index (χ2v) is 57.7.